The minimum Gasteiger partial charge on any atom is -0.493 e. The van der Waals surface area contributed by atoms with Crippen molar-refractivity contribution < 1.29 is 14.3 Å². The Balaban J connectivity index is 1.73. The summed E-state index contributed by atoms with van der Waals surface area (Å²) in [5.74, 6) is 1.18. The predicted octanol–water partition coefficient (Wildman–Crippen LogP) is 2.65. The second kappa shape index (κ2) is 8.33. The van der Waals surface area contributed by atoms with E-state index < -0.39 is 0 Å². The number of nitrogens with zero attached hydrogens (tertiary/aromatic N) is 3. The second-order valence-electron chi connectivity index (χ2n) is 6.90. The molecule has 0 saturated carbocycles. The number of carbonyl (C=O) groups is 1. The lowest BCUT2D eigenvalue weighted by Gasteiger charge is -2.28. The van der Waals surface area contributed by atoms with Crippen molar-refractivity contribution in [1.29, 1.82) is 0 Å². The summed E-state index contributed by atoms with van der Waals surface area (Å²) in [5.41, 5.74) is 2.15. The van der Waals surface area contributed by atoms with Gasteiger partial charge in [-0.25, -0.2) is 9.48 Å². The van der Waals surface area contributed by atoms with Gasteiger partial charge in [0.1, 0.15) is 0 Å². The summed E-state index contributed by atoms with van der Waals surface area (Å²) in [6.45, 7) is 7.18. The molecule has 2 aromatic rings. The third kappa shape index (κ3) is 4.27. The third-order valence-corrected chi connectivity index (χ3v) is 4.51. The van der Waals surface area contributed by atoms with Crippen molar-refractivity contribution >= 4 is 11.7 Å². The summed E-state index contributed by atoms with van der Waals surface area (Å²) in [7, 11) is 1.58. The van der Waals surface area contributed by atoms with Gasteiger partial charge in [0.05, 0.1) is 18.9 Å². The van der Waals surface area contributed by atoms with Crippen molar-refractivity contribution in [3.05, 3.63) is 45.9 Å². The monoisotopic (exact) mass is 386 g/mol. The fourth-order valence-corrected chi connectivity index (χ4v) is 3.14. The van der Waals surface area contributed by atoms with Crippen molar-refractivity contribution in [2.24, 2.45) is 0 Å². The van der Waals surface area contributed by atoms with E-state index in [1.165, 1.54) is 4.68 Å². The maximum Gasteiger partial charge on any atom is 0.322 e. The zero-order chi connectivity index (χ0) is 20.3. The molecule has 0 fully saturated rings. The van der Waals surface area contributed by atoms with Crippen molar-refractivity contribution in [3.8, 4) is 11.5 Å². The van der Waals surface area contributed by atoms with E-state index in [1.54, 1.807) is 36.3 Å². The number of benzene rings is 1. The van der Waals surface area contributed by atoms with Gasteiger partial charge in [0.2, 0.25) is 0 Å². The topological polar surface area (TPSA) is 85.7 Å². The number of methoxy groups -OCH3 is 1. The fourth-order valence-electron chi connectivity index (χ4n) is 3.14. The summed E-state index contributed by atoms with van der Waals surface area (Å²) in [4.78, 5) is 26.4. The Morgan fingerprint density at radius 2 is 2.07 bits per heavy atom. The van der Waals surface area contributed by atoms with Crippen molar-refractivity contribution in [2.75, 3.05) is 19.0 Å². The van der Waals surface area contributed by atoms with Gasteiger partial charge in [-0.1, -0.05) is 0 Å². The Hall–Kier alpha value is -3.03. The van der Waals surface area contributed by atoms with Crippen LogP contribution in [0, 0.1) is 0 Å². The lowest BCUT2D eigenvalue weighted by atomic mass is 10.1. The average molecular weight is 386 g/mol. The zero-order valence-electron chi connectivity index (χ0n) is 16.7. The molecule has 2 heterocycles. The molecule has 0 unspecified atom stereocenters. The van der Waals surface area contributed by atoms with E-state index in [9.17, 15) is 9.59 Å². The molecule has 0 bridgehead atoms. The third-order valence-electron chi connectivity index (χ3n) is 4.51. The molecular weight excluding hydrogens is 360 g/mol. The van der Waals surface area contributed by atoms with Crippen LogP contribution in [-0.2, 0) is 19.5 Å². The maximum atomic E-state index is 12.7. The number of fused-ring (bicyclic) bond motifs is 1. The van der Waals surface area contributed by atoms with E-state index in [1.807, 2.05) is 20.8 Å². The van der Waals surface area contributed by atoms with Gasteiger partial charge in [0.25, 0.3) is 5.56 Å². The van der Waals surface area contributed by atoms with Gasteiger partial charge in [-0.2, -0.15) is 5.10 Å². The first-order valence-electron chi connectivity index (χ1n) is 9.41. The van der Waals surface area contributed by atoms with Gasteiger partial charge in [-0.15, -0.1) is 0 Å². The van der Waals surface area contributed by atoms with Crippen LogP contribution in [0.15, 0.2) is 29.1 Å². The van der Waals surface area contributed by atoms with Gasteiger partial charge < -0.3 is 19.7 Å². The Kier molecular flexibility index (Phi) is 5.87. The van der Waals surface area contributed by atoms with Gasteiger partial charge in [0, 0.05) is 49.4 Å². The first-order chi connectivity index (χ1) is 13.4. The van der Waals surface area contributed by atoms with Gasteiger partial charge in [-0.3, -0.25) is 4.79 Å². The molecule has 2 amide bonds. The summed E-state index contributed by atoms with van der Waals surface area (Å²) in [6, 6.07) is 6.62. The zero-order valence-corrected chi connectivity index (χ0v) is 16.7. The molecule has 8 nitrogen and oxygen atoms in total. The second-order valence-corrected chi connectivity index (χ2v) is 6.90. The van der Waals surface area contributed by atoms with Crippen LogP contribution < -0.4 is 20.3 Å². The summed E-state index contributed by atoms with van der Waals surface area (Å²) in [5, 5.41) is 7.27. The molecule has 0 aliphatic carbocycles. The summed E-state index contributed by atoms with van der Waals surface area (Å²) < 4.78 is 12.5. The first kappa shape index (κ1) is 19.7. The van der Waals surface area contributed by atoms with Crippen LogP contribution in [0.3, 0.4) is 0 Å². The Morgan fingerprint density at radius 1 is 1.29 bits per heavy atom. The highest BCUT2D eigenvalue weighted by Gasteiger charge is 2.23. The number of aromatic nitrogens is 2. The van der Waals surface area contributed by atoms with Gasteiger partial charge >= 0.3 is 6.03 Å². The molecule has 3 rings (SSSR count). The van der Waals surface area contributed by atoms with Crippen LogP contribution in [0.25, 0.3) is 0 Å². The number of urea groups is 1. The Labute approximate surface area is 164 Å². The number of hydrogen-bond acceptors (Lipinski definition) is 5. The SMILES string of the molecule is CCn1nc2c(cc1=O)CN(C(=O)Nc1ccc(OC)c(OC(C)C)c1)CC2. The lowest BCUT2D eigenvalue weighted by Crippen LogP contribution is -2.40. The number of aryl methyl sites for hydroxylation is 1. The van der Waals surface area contributed by atoms with Crippen molar-refractivity contribution in [3.63, 3.8) is 0 Å². The molecule has 1 N–H and O–H groups in total. The highest BCUT2D eigenvalue weighted by atomic mass is 16.5. The van der Waals surface area contributed by atoms with E-state index in [4.69, 9.17) is 9.47 Å². The van der Waals surface area contributed by atoms with E-state index in [2.05, 4.69) is 10.4 Å². The average Bonchev–Trinajstić information content (AvgIpc) is 2.66. The largest absolute Gasteiger partial charge is 0.493 e. The van der Waals surface area contributed by atoms with E-state index >= 15 is 0 Å². The number of nitrogens with one attached hydrogen (secondary N) is 1. The van der Waals surface area contributed by atoms with Gasteiger partial charge in [-0.05, 0) is 32.9 Å². The molecule has 1 aromatic carbocycles. The summed E-state index contributed by atoms with van der Waals surface area (Å²) in [6.07, 6.45) is 0.603. The van der Waals surface area contributed by atoms with Crippen LogP contribution in [0.4, 0.5) is 10.5 Å². The van der Waals surface area contributed by atoms with Crippen LogP contribution in [0.5, 0.6) is 11.5 Å². The molecule has 0 spiro atoms. The predicted molar refractivity (Wildman–Crippen MR) is 106 cm³/mol. The number of rotatable bonds is 5. The van der Waals surface area contributed by atoms with Crippen LogP contribution in [0.2, 0.25) is 0 Å². The van der Waals surface area contributed by atoms with Crippen LogP contribution >= 0.6 is 0 Å². The first-order valence-corrected chi connectivity index (χ1v) is 9.41. The highest BCUT2D eigenvalue weighted by molar-refractivity contribution is 5.89. The summed E-state index contributed by atoms with van der Waals surface area (Å²) >= 11 is 0. The van der Waals surface area contributed by atoms with Crippen LogP contribution in [-0.4, -0.2) is 40.5 Å². The smallest absolute Gasteiger partial charge is 0.322 e. The number of anilines is 1. The van der Waals surface area contributed by atoms with E-state index in [0.29, 0.717) is 43.2 Å². The van der Waals surface area contributed by atoms with Gasteiger partial charge in [0.15, 0.2) is 11.5 Å². The fraction of sp³-hybridized carbons (Fsp3) is 0.450. The molecule has 0 radical (unpaired) electrons. The molecule has 28 heavy (non-hydrogen) atoms. The molecule has 0 atom stereocenters. The number of ether oxygens (including phenoxy) is 2. The molecular formula is C20H26N4O4. The van der Waals surface area contributed by atoms with Crippen LogP contribution in [0.1, 0.15) is 32.0 Å². The minimum absolute atomic E-state index is 0.0156. The Bertz CT molecular complexity index is 923. The molecule has 1 aliphatic rings. The molecule has 8 heteroatoms. The normalized spacial score (nSPS) is 13.2. The molecule has 1 aromatic heterocycles. The Morgan fingerprint density at radius 3 is 2.75 bits per heavy atom. The number of hydrogen-bond donors (Lipinski definition) is 1. The highest BCUT2D eigenvalue weighted by Crippen LogP contribution is 2.31. The maximum absolute atomic E-state index is 12.7. The van der Waals surface area contributed by atoms with E-state index in [-0.39, 0.29) is 17.7 Å². The van der Waals surface area contributed by atoms with Crippen molar-refractivity contribution in [2.45, 2.75) is 46.4 Å². The standard InChI is InChI=1S/C20H26N4O4/c1-5-24-19(25)10-14-12-23(9-8-16(14)22-24)20(26)21-15-6-7-17(27-4)18(11-15)28-13(2)3/h6-7,10-11,13H,5,8-9,12H2,1-4H3,(H,21,26). The molecule has 1 aliphatic heterocycles. The number of carbonyl (C=O) groups excluding carboxylic acids is 1. The number of amides is 2. The molecule has 0 saturated heterocycles. The van der Waals surface area contributed by atoms with E-state index in [0.717, 1.165) is 11.3 Å². The molecule has 150 valence electrons. The minimum atomic E-state index is -0.231. The van der Waals surface area contributed by atoms with Crippen molar-refractivity contribution in [1.82, 2.24) is 14.7 Å². The lowest BCUT2D eigenvalue weighted by molar-refractivity contribution is 0.205. The quantitative estimate of drug-likeness (QED) is 0.854.